The van der Waals surface area contributed by atoms with E-state index in [9.17, 15) is 18.0 Å². The molecule has 0 saturated carbocycles. The zero-order valence-electron chi connectivity index (χ0n) is 18.5. The SMILES string of the molecule is CN1NN=NC1c1ccc2c(c1)Oc1ccccc1C2C1CC2CCC(C1)N2C(=O)C(F)(F)F. The summed E-state index contributed by atoms with van der Waals surface area (Å²) in [6.07, 6.45) is -2.78. The molecule has 4 atom stereocenters. The number of hydrogen-bond acceptors (Lipinski definition) is 6. The van der Waals surface area contributed by atoms with E-state index >= 15 is 0 Å². The Hall–Kier alpha value is -3.14. The van der Waals surface area contributed by atoms with E-state index < -0.39 is 12.1 Å². The largest absolute Gasteiger partial charge is 0.471 e. The van der Waals surface area contributed by atoms with Gasteiger partial charge in [-0.2, -0.15) is 18.2 Å². The number of hydrazine groups is 1. The molecule has 2 aromatic rings. The van der Waals surface area contributed by atoms with E-state index in [1.165, 1.54) is 0 Å². The average molecular weight is 471 g/mol. The second-order valence-corrected chi connectivity index (χ2v) is 9.54. The number of hydrogen-bond donors (Lipinski definition) is 1. The molecular formula is C24H24F3N5O2. The van der Waals surface area contributed by atoms with Crippen LogP contribution in [0, 0.1) is 5.92 Å². The minimum atomic E-state index is -4.83. The van der Waals surface area contributed by atoms with Gasteiger partial charge < -0.3 is 9.64 Å². The van der Waals surface area contributed by atoms with Gasteiger partial charge in [0.2, 0.25) is 0 Å². The van der Waals surface area contributed by atoms with Crippen molar-refractivity contribution >= 4 is 5.91 Å². The van der Waals surface area contributed by atoms with Crippen LogP contribution in [-0.4, -0.2) is 41.1 Å². The first-order valence-electron chi connectivity index (χ1n) is 11.5. The molecule has 2 saturated heterocycles. The molecule has 1 amide bonds. The molecule has 0 aliphatic carbocycles. The van der Waals surface area contributed by atoms with E-state index in [0.29, 0.717) is 25.7 Å². The molecule has 0 aromatic heterocycles. The minimum absolute atomic E-state index is 0.0127. The number of carbonyl (C=O) groups is 1. The first-order valence-corrected chi connectivity index (χ1v) is 11.5. The lowest BCUT2D eigenvalue weighted by Gasteiger charge is -2.43. The molecule has 34 heavy (non-hydrogen) atoms. The van der Waals surface area contributed by atoms with Gasteiger partial charge in [-0.1, -0.05) is 35.6 Å². The summed E-state index contributed by atoms with van der Waals surface area (Å²) < 4.78 is 45.9. The third-order valence-electron chi connectivity index (χ3n) is 7.60. The quantitative estimate of drug-likeness (QED) is 0.664. The maximum Gasteiger partial charge on any atom is 0.471 e. The van der Waals surface area contributed by atoms with Crippen molar-refractivity contribution in [3.63, 3.8) is 0 Å². The first kappa shape index (κ1) is 21.4. The number of nitrogens with zero attached hydrogens (tertiary/aromatic N) is 4. The van der Waals surface area contributed by atoms with Gasteiger partial charge in [0.1, 0.15) is 11.5 Å². The third kappa shape index (κ3) is 3.34. The number of carbonyl (C=O) groups excluding carboxylic acids is 1. The number of alkyl halides is 3. The Balaban J connectivity index is 1.35. The van der Waals surface area contributed by atoms with Crippen molar-refractivity contribution < 1.29 is 22.7 Å². The van der Waals surface area contributed by atoms with E-state index in [1.807, 2.05) is 49.5 Å². The van der Waals surface area contributed by atoms with Crippen LogP contribution in [0.15, 0.2) is 52.8 Å². The maximum absolute atomic E-state index is 13.2. The first-order chi connectivity index (χ1) is 16.3. The summed E-state index contributed by atoms with van der Waals surface area (Å²) in [6, 6.07) is 13.1. The van der Waals surface area contributed by atoms with E-state index in [0.717, 1.165) is 33.1 Å². The van der Waals surface area contributed by atoms with E-state index in [1.54, 1.807) is 5.01 Å². The highest BCUT2D eigenvalue weighted by Gasteiger charge is 2.53. The number of piperidine rings is 1. The molecule has 7 nitrogen and oxygen atoms in total. The number of benzene rings is 2. The molecule has 2 fully saturated rings. The van der Waals surface area contributed by atoms with Crippen LogP contribution in [0.1, 0.15) is 54.5 Å². The average Bonchev–Trinajstić information content (AvgIpc) is 3.35. The van der Waals surface area contributed by atoms with Crippen molar-refractivity contribution in [3.05, 3.63) is 59.2 Å². The van der Waals surface area contributed by atoms with Crippen LogP contribution in [0.5, 0.6) is 11.5 Å². The van der Waals surface area contributed by atoms with Crippen LogP contribution in [-0.2, 0) is 4.79 Å². The highest BCUT2D eigenvalue weighted by atomic mass is 19.4. The molecule has 1 N–H and O–H groups in total. The number of amides is 1. The smallest absolute Gasteiger partial charge is 0.457 e. The molecule has 4 aliphatic heterocycles. The lowest BCUT2D eigenvalue weighted by molar-refractivity contribution is -0.190. The zero-order valence-corrected chi connectivity index (χ0v) is 18.5. The third-order valence-corrected chi connectivity index (χ3v) is 7.60. The Labute approximate surface area is 194 Å². The summed E-state index contributed by atoms with van der Waals surface area (Å²) in [6.45, 7) is 0. The van der Waals surface area contributed by atoms with E-state index in [-0.39, 0.29) is 30.1 Å². The molecular weight excluding hydrogens is 447 g/mol. The molecule has 4 aliphatic rings. The van der Waals surface area contributed by atoms with Crippen molar-refractivity contribution in [2.24, 2.45) is 16.3 Å². The highest BCUT2D eigenvalue weighted by Crippen LogP contribution is 2.53. The molecule has 2 aromatic carbocycles. The number of halogens is 3. The monoisotopic (exact) mass is 471 g/mol. The molecule has 0 radical (unpaired) electrons. The molecule has 10 heteroatoms. The predicted molar refractivity (Wildman–Crippen MR) is 116 cm³/mol. The van der Waals surface area contributed by atoms with Crippen LogP contribution in [0.3, 0.4) is 0 Å². The lowest BCUT2D eigenvalue weighted by atomic mass is 9.72. The van der Waals surface area contributed by atoms with Crippen molar-refractivity contribution in [1.29, 1.82) is 0 Å². The Morgan fingerprint density at radius 3 is 2.44 bits per heavy atom. The molecule has 4 unspecified atom stereocenters. The normalized spacial score (nSPS) is 29.9. The summed E-state index contributed by atoms with van der Waals surface area (Å²) in [4.78, 5) is 13.2. The number of rotatable bonds is 2. The molecule has 4 heterocycles. The van der Waals surface area contributed by atoms with Crippen LogP contribution in [0.25, 0.3) is 0 Å². The van der Waals surface area contributed by atoms with Gasteiger partial charge in [-0.05, 0) is 49.3 Å². The summed E-state index contributed by atoms with van der Waals surface area (Å²) in [5, 5.41) is 9.88. The fourth-order valence-corrected chi connectivity index (χ4v) is 6.22. The minimum Gasteiger partial charge on any atom is -0.457 e. The van der Waals surface area contributed by atoms with E-state index in [2.05, 4.69) is 15.9 Å². The maximum atomic E-state index is 13.2. The van der Waals surface area contributed by atoms with Gasteiger partial charge in [0, 0.05) is 36.2 Å². The van der Waals surface area contributed by atoms with Crippen molar-refractivity contribution in [3.8, 4) is 11.5 Å². The van der Waals surface area contributed by atoms with Gasteiger partial charge in [0.05, 0.1) is 0 Å². The molecule has 6 rings (SSSR count). The molecule has 2 bridgehead atoms. The van der Waals surface area contributed by atoms with Gasteiger partial charge in [-0.3, -0.25) is 4.79 Å². The molecule has 178 valence electrons. The second kappa shape index (κ2) is 7.69. The number of nitrogens with one attached hydrogen (secondary N) is 1. The van der Waals surface area contributed by atoms with Crippen molar-refractivity contribution in [2.45, 2.75) is 56.0 Å². The summed E-state index contributed by atoms with van der Waals surface area (Å²) >= 11 is 0. The van der Waals surface area contributed by atoms with Gasteiger partial charge in [-0.15, -0.1) is 5.11 Å². The van der Waals surface area contributed by atoms with Crippen molar-refractivity contribution in [1.82, 2.24) is 15.4 Å². The number of fused-ring (bicyclic) bond motifs is 4. The number of para-hydroxylation sites is 1. The standard InChI is InChI=1S/C24H24F3N5O2/c1-31-22(28-29-30-31)13-6-9-18-20(12-13)34-19-5-3-2-4-17(19)21(18)14-10-15-7-8-16(11-14)32(15)23(33)24(25,26)27/h2-6,9,12,14-16,21-22H,7-8,10-11H2,1H3,(H,28,30). The Bertz CT molecular complexity index is 1160. The topological polar surface area (TPSA) is 69.5 Å². The van der Waals surface area contributed by atoms with Crippen LogP contribution < -0.4 is 10.3 Å². The predicted octanol–water partition coefficient (Wildman–Crippen LogP) is 5.07. The Kier molecular flexibility index (Phi) is 4.84. The van der Waals surface area contributed by atoms with Gasteiger partial charge in [-0.25, -0.2) is 5.53 Å². The van der Waals surface area contributed by atoms with Gasteiger partial charge in [0.25, 0.3) is 0 Å². The van der Waals surface area contributed by atoms with Crippen LogP contribution in [0.2, 0.25) is 0 Å². The van der Waals surface area contributed by atoms with Gasteiger partial charge in [0.15, 0.2) is 6.17 Å². The molecule has 0 spiro atoms. The summed E-state index contributed by atoms with van der Waals surface area (Å²) in [7, 11) is 1.86. The summed E-state index contributed by atoms with van der Waals surface area (Å²) in [5.41, 5.74) is 5.80. The Morgan fingerprint density at radius 2 is 1.76 bits per heavy atom. The second-order valence-electron chi connectivity index (χ2n) is 9.54. The summed E-state index contributed by atoms with van der Waals surface area (Å²) in [5.74, 6) is -0.101. The Morgan fingerprint density at radius 1 is 1.06 bits per heavy atom. The number of ether oxygens (including phenoxy) is 1. The zero-order chi connectivity index (χ0) is 23.6. The van der Waals surface area contributed by atoms with Crippen molar-refractivity contribution in [2.75, 3.05) is 7.05 Å². The van der Waals surface area contributed by atoms with E-state index in [4.69, 9.17) is 4.74 Å². The lowest BCUT2D eigenvalue weighted by Crippen LogP contribution is -2.52. The van der Waals surface area contributed by atoms with Gasteiger partial charge >= 0.3 is 12.1 Å². The van der Waals surface area contributed by atoms with Crippen LogP contribution >= 0.6 is 0 Å². The highest BCUT2D eigenvalue weighted by molar-refractivity contribution is 5.83. The van der Waals surface area contributed by atoms with Crippen LogP contribution in [0.4, 0.5) is 13.2 Å². The fraction of sp³-hybridized carbons (Fsp3) is 0.458. The fourth-order valence-electron chi connectivity index (χ4n) is 6.22.